The van der Waals surface area contributed by atoms with Gasteiger partial charge >= 0.3 is 0 Å². The molecule has 0 unspecified atom stereocenters. The molecule has 2 aromatic rings. The molecule has 0 aliphatic heterocycles. The fourth-order valence-electron chi connectivity index (χ4n) is 2.82. The number of halogens is 2. The van der Waals surface area contributed by atoms with Crippen LogP contribution in [0.25, 0.3) is 0 Å². The van der Waals surface area contributed by atoms with E-state index >= 15 is 0 Å². The predicted molar refractivity (Wildman–Crippen MR) is 126 cm³/mol. The highest BCUT2D eigenvalue weighted by Crippen LogP contribution is 2.39. The van der Waals surface area contributed by atoms with Crippen LogP contribution in [0.4, 0.5) is 0 Å². The topological polar surface area (TPSA) is 70.9 Å². The van der Waals surface area contributed by atoms with Crippen molar-refractivity contribution in [2.45, 2.75) is 52.4 Å². The SMILES string of the molecule is CC(C)(C)c1cc(C=NNC(=O)COc2ccc(Cl)cc2Br)cc(C(C)(C)C)c1O. The molecule has 7 heteroatoms. The molecule has 162 valence electrons. The average Bonchev–Trinajstić information content (AvgIpc) is 2.60. The maximum atomic E-state index is 12.1. The second-order valence-corrected chi connectivity index (χ2v) is 10.4. The molecule has 5 nitrogen and oxygen atoms in total. The van der Waals surface area contributed by atoms with Crippen LogP contribution in [0, 0.1) is 0 Å². The van der Waals surface area contributed by atoms with Crippen molar-refractivity contribution < 1.29 is 14.6 Å². The lowest BCUT2D eigenvalue weighted by Gasteiger charge is -2.27. The second-order valence-electron chi connectivity index (χ2n) is 9.12. The second kappa shape index (κ2) is 9.40. The molecule has 0 radical (unpaired) electrons. The van der Waals surface area contributed by atoms with Gasteiger partial charge in [0.1, 0.15) is 11.5 Å². The van der Waals surface area contributed by atoms with E-state index in [9.17, 15) is 9.90 Å². The number of hydrogen-bond acceptors (Lipinski definition) is 4. The van der Waals surface area contributed by atoms with E-state index < -0.39 is 0 Å². The summed E-state index contributed by atoms with van der Waals surface area (Å²) in [6, 6.07) is 8.84. The van der Waals surface area contributed by atoms with Crippen LogP contribution in [-0.4, -0.2) is 23.8 Å². The maximum absolute atomic E-state index is 12.1. The number of aromatic hydroxyl groups is 1. The number of ether oxygens (including phenoxy) is 1. The van der Waals surface area contributed by atoms with Gasteiger partial charge in [0.25, 0.3) is 5.91 Å². The van der Waals surface area contributed by atoms with Gasteiger partial charge < -0.3 is 9.84 Å². The van der Waals surface area contributed by atoms with Crippen molar-refractivity contribution in [1.29, 1.82) is 0 Å². The number of phenolic OH excluding ortho intramolecular Hbond substituents is 1. The Morgan fingerprint density at radius 2 is 1.70 bits per heavy atom. The average molecular weight is 496 g/mol. The van der Waals surface area contributed by atoms with Gasteiger partial charge in [-0.15, -0.1) is 0 Å². The number of hydrogen-bond donors (Lipinski definition) is 2. The zero-order valence-corrected chi connectivity index (χ0v) is 20.5. The van der Waals surface area contributed by atoms with Crippen LogP contribution in [0.3, 0.4) is 0 Å². The van der Waals surface area contributed by atoms with E-state index in [2.05, 4.69) is 26.5 Å². The molecule has 0 fully saturated rings. The third kappa shape index (κ3) is 6.47. The maximum Gasteiger partial charge on any atom is 0.277 e. The standard InChI is InChI=1S/C23H28BrClN2O3/c1-22(2,3)16-9-14(10-17(21(16)29)23(4,5)6)12-26-27-20(28)13-30-19-8-7-15(25)11-18(19)24/h7-12,29H,13H2,1-6H3,(H,27,28). The van der Waals surface area contributed by atoms with Crippen LogP contribution in [0.1, 0.15) is 58.2 Å². The van der Waals surface area contributed by atoms with Crippen molar-refractivity contribution in [1.82, 2.24) is 5.43 Å². The van der Waals surface area contributed by atoms with E-state index in [4.69, 9.17) is 16.3 Å². The third-order valence-corrected chi connectivity index (χ3v) is 5.26. The number of phenols is 1. The van der Waals surface area contributed by atoms with Gasteiger partial charge in [-0.25, -0.2) is 5.43 Å². The van der Waals surface area contributed by atoms with Crippen LogP contribution in [-0.2, 0) is 15.6 Å². The van der Waals surface area contributed by atoms with E-state index in [1.165, 1.54) is 0 Å². The van der Waals surface area contributed by atoms with Gasteiger partial charge in [-0.3, -0.25) is 4.79 Å². The lowest BCUT2D eigenvalue weighted by molar-refractivity contribution is -0.123. The largest absolute Gasteiger partial charge is 0.507 e. The summed E-state index contributed by atoms with van der Waals surface area (Å²) >= 11 is 9.24. The zero-order valence-electron chi connectivity index (χ0n) is 18.1. The highest BCUT2D eigenvalue weighted by atomic mass is 79.9. The monoisotopic (exact) mass is 494 g/mol. The van der Waals surface area contributed by atoms with Crippen molar-refractivity contribution in [2.24, 2.45) is 5.10 Å². The fourth-order valence-corrected chi connectivity index (χ4v) is 3.62. The van der Waals surface area contributed by atoms with Crippen molar-refractivity contribution >= 4 is 39.7 Å². The molecular weight excluding hydrogens is 468 g/mol. The van der Waals surface area contributed by atoms with Crippen molar-refractivity contribution in [3.63, 3.8) is 0 Å². The molecule has 0 spiro atoms. The molecular formula is C23H28BrClN2O3. The molecule has 1 amide bonds. The van der Waals surface area contributed by atoms with Gasteiger partial charge in [-0.1, -0.05) is 53.1 Å². The summed E-state index contributed by atoms with van der Waals surface area (Å²) in [5.74, 6) is 0.429. The minimum Gasteiger partial charge on any atom is -0.507 e. The molecule has 0 aromatic heterocycles. The first-order valence-corrected chi connectivity index (χ1v) is 10.7. The van der Waals surface area contributed by atoms with E-state index in [1.54, 1.807) is 24.4 Å². The number of amides is 1. The van der Waals surface area contributed by atoms with Gasteiger partial charge in [0.05, 0.1) is 10.7 Å². The third-order valence-electron chi connectivity index (χ3n) is 4.40. The lowest BCUT2D eigenvalue weighted by atomic mass is 9.78. The van der Waals surface area contributed by atoms with Crippen LogP contribution < -0.4 is 10.2 Å². The summed E-state index contributed by atoms with van der Waals surface area (Å²) < 4.78 is 6.14. The van der Waals surface area contributed by atoms with Gasteiger partial charge in [-0.05, 0) is 62.7 Å². The first-order valence-electron chi connectivity index (χ1n) is 9.57. The van der Waals surface area contributed by atoms with Crippen molar-refractivity contribution in [3.05, 3.63) is 56.5 Å². The Morgan fingerprint density at radius 3 is 2.20 bits per heavy atom. The Kier molecular flexibility index (Phi) is 7.59. The lowest BCUT2D eigenvalue weighted by Crippen LogP contribution is -2.24. The number of hydrazone groups is 1. The van der Waals surface area contributed by atoms with Crippen LogP contribution in [0.5, 0.6) is 11.5 Å². The van der Waals surface area contributed by atoms with Gasteiger partial charge in [0.15, 0.2) is 6.61 Å². The normalized spacial score (nSPS) is 12.3. The smallest absolute Gasteiger partial charge is 0.277 e. The van der Waals surface area contributed by atoms with Crippen LogP contribution in [0.2, 0.25) is 5.02 Å². The van der Waals surface area contributed by atoms with E-state index in [0.717, 1.165) is 16.7 Å². The summed E-state index contributed by atoms with van der Waals surface area (Å²) in [5, 5.41) is 15.4. The first kappa shape index (κ1) is 24.2. The molecule has 0 atom stereocenters. The molecule has 0 heterocycles. The number of benzene rings is 2. The quantitative estimate of drug-likeness (QED) is 0.399. The van der Waals surface area contributed by atoms with Gasteiger partial charge in [0.2, 0.25) is 0 Å². The fraction of sp³-hybridized carbons (Fsp3) is 0.391. The molecule has 2 rings (SSSR count). The molecule has 0 saturated carbocycles. The molecule has 30 heavy (non-hydrogen) atoms. The number of nitrogens with one attached hydrogen (secondary N) is 1. The Hall–Kier alpha value is -2.05. The predicted octanol–water partition coefficient (Wildman–Crippen LogP) is 5.93. The van der Waals surface area contributed by atoms with E-state index in [0.29, 0.717) is 21.0 Å². The summed E-state index contributed by atoms with van der Waals surface area (Å²) in [5.41, 5.74) is 4.45. The highest BCUT2D eigenvalue weighted by molar-refractivity contribution is 9.10. The molecule has 0 saturated heterocycles. The minimum atomic E-state index is -0.390. The minimum absolute atomic E-state index is 0.187. The number of rotatable bonds is 5. The first-order chi connectivity index (χ1) is 13.8. The number of carbonyl (C=O) groups is 1. The Labute approximate surface area is 191 Å². The van der Waals surface area contributed by atoms with Crippen LogP contribution in [0.15, 0.2) is 39.9 Å². The molecule has 2 N–H and O–H groups in total. The van der Waals surface area contributed by atoms with E-state index in [1.807, 2.05) is 53.7 Å². The summed E-state index contributed by atoms with van der Waals surface area (Å²) in [6.45, 7) is 12.1. The van der Waals surface area contributed by atoms with Crippen LogP contribution >= 0.6 is 27.5 Å². The highest BCUT2D eigenvalue weighted by Gasteiger charge is 2.26. The summed E-state index contributed by atoms with van der Waals surface area (Å²) in [6.07, 6.45) is 1.57. The van der Waals surface area contributed by atoms with Gasteiger partial charge in [0, 0.05) is 16.1 Å². The number of carbonyl (C=O) groups excluding carboxylic acids is 1. The summed E-state index contributed by atoms with van der Waals surface area (Å²) in [4.78, 5) is 12.1. The van der Waals surface area contributed by atoms with Gasteiger partial charge in [-0.2, -0.15) is 5.10 Å². The Balaban J connectivity index is 2.12. The summed E-state index contributed by atoms with van der Waals surface area (Å²) in [7, 11) is 0. The Bertz CT molecular complexity index is 925. The van der Waals surface area contributed by atoms with Crippen molar-refractivity contribution in [2.75, 3.05) is 6.61 Å². The molecule has 0 aliphatic rings. The molecule has 2 aromatic carbocycles. The van der Waals surface area contributed by atoms with Crippen molar-refractivity contribution in [3.8, 4) is 11.5 Å². The van der Waals surface area contributed by atoms with E-state index in [-0.39, 0.29) is 23.3 Å². The zero-order chi connectivity index (χ0) is 22.7. The number of nitrogens with zero attached hydrogens (tertiary/aromatic N) is 1. The molecule has 0 aliphatic carbocycles. The molecule has 0 bridgehead atoms. The Morgan fingerprint density at radius 1 is 1.13 bits per heavy atom.